The molecule has 70 valence electrons. The van der Waals surface area contributed by atoms with Crippen LogP contribution in [-0.4, -0.2) is 37.9 Å². The van der Waals surface area contributed by atoms with Crippen molar-refractivity contribution in [1.82, 2.24) is 5.43 Å². The summed E-state index contributed by atoms with van der Waals surface area (Å²) in [5.74, 6) is -0.319. The summed E-state index contributed by atoms with van der Waals surface area (Å²) in [6.07, 6.45) is 1.12. The van der Waals surface area contributed by atoms with Crippen LogP contribution in [0.4, 0.5) is 0 Å². The van der Waals surface area contributed by atoms with E-state index >= 15 is 0 Å². The monoisotopic (exact) mass is 173 g/mol. The number of nitrogens with zero attached hydrogens (tertiary/aromatic N) is 1. The molecule has 0 radical (unpaired) electrons. The number of carbonyl (C=O) groups excluding carboxylic acids is 1. The molecule has 0 aromatic rings. The van der Waals surface area contributed by atoms with Gasteiger partial charge in [-0.2, -0.15) is 0 Å². The second kappa shape index (κ2) is 4.23. The number of hydrogen-bond acceptors (Lipinski definition) is 3. The topological polar surface area (TPSA) is 38.3 Å². The second-order valence-electron chi connectivity index (χ2n) is 3.41. The highest BCUT2D eigenvalue weighted by molar-refractivity contribution is 5.66. The van der Waals surface area contributed by atoms with Gasteiger partial charge >= 0.3 is 5.97 Å². The Labute approximate surface area is 73.4 Å². The lowest BCUT2D eigenvalue weighted by atomic mass is 10.5. The van der Waals surface area contributed by atoms with Crippen molar-refractivity contribution in [3.63, 3.8) is 0 Å². The molecule has 0 aromatic carbocycles. The normalized spacial score (nSPS) is 13.7. The minimum absolute atomic E-state index is 0.319. The Morgan fingerprint density at radius 3 is 2.33 bits per heavy atom. The number of nitrogens with one attached hydrogen (secondary N) is 1. The fraction of sp³-hybridized carbons (Fsp3) is 0.625. The number of rotatable bonds is 4. The summed E-state index contributed by atoms with van der Waals surface area (Å²) >= 11 is 0. The van der Waals surface area contributed by atoms with Gasteiger partial charge in [0.05, 0.1) is 21.1 Å². The first-order valence-electron chi connectivity index (χ1n) is 3.74. The van der Waals surface area contributed by atoms with Crippen LogP contribution in [0.5, 0.6) is 0 Å². The number of carbonyl (C=O) groups is 1. The molecule has 0 saturated heterocycles. The Morgan fingerprint density at radius 1 is 1.58 bits per heavy atom. The highest BCUT2D eigenvalue weighted by Crippen LogP contribution is 1.93. The minimum Gasteiger partial charge on any atom is -0.438 e. The van der Waals surface area contributed by atoms with Crippen molar-refractivity contribution < 1.29 is 14.1 Å². The smallest absolute Gasteiger partial charge is 0.304 e. The predicted molar refractivity (Wildman–Crippen MR) is 46.9 cm³/mol. The van der Waals surface area contributed by atoms with Gasteiger partial charge in [-0.25, -0.2) is 4.59 Å². The maximum atomic E-state index is 10.6. The zero-order chi connectivity index (χ0) is 9.78. The molecule has 0 aliphatic heterocycles. The molecule has 1 unspecified atom stereocenters. The van der Waals surface area contributed by atoms with Crippen LogP contribution in [0.2, 0.25) is 0 Å². The lowest BCUT2D eigenvalue weighted by Gasteiger charge is -2.27. The fourth-order valence-electron chi connectivity index (χ4n) is 0.688. The van der Waals surface area contributed by atoms with Gasteiger partial charge in [0, 0.05) is 6.92 Å². The van der Waals surface area contributed by atoms with Gasteiger partial charge in [-0.05, 0) is 6.08 Å². The van der Waals surface area contributed by atoms with Crippen molar-refractivity contribution in [3.05, 3.63) is 12.7 Å². The average Bonchev–Trinajstić information content (AvgIpc) is 1.82. The van der Waals surface area contributed by atoms with Crippen molar-refractivity contribution in [3.8, 4) is 0 Å². The van der Waals surface area contributed by atoms with E-state index in [2.05, 4.69) is 12.0 Å². The lowest BCUT2D eigenvalue weighted by Crippen LogP contribution is -2.53. The molecular formula is C8H17N2O2+. The van der Waals surface area contributed by atoms with Crippen LogP contribution in [-0.2, 0) is 9.53 Å². The molecule has 0 rings (SSSR count). The van der Waals surface area contributed by atoms with Gasteiger partial charge in [0.2, 0.25) is 6.23 Å². The van der Waals surface area contributed by atoms with Gasteiger partial charge in [0.1, 0.15) is 0 Å². The van der Waals surface area contributed by atoms with E-state index in [4.69, 9.17) is 4.74 Å². The van der Waals surface area contributed by atoms with Crippen molar-refractivity contribution in [2.75, 3.05) is 21.1 Å². The zero-order valence-corrected chi connectivity index (χ0v) is 8.13. The van der Waals surface area contributed by atoms with E-state index in [0.717, 1.165) is 0 Å². The summed E-state index contributed by atoms with van der Waals surface area (Å²) in [5, 5.41) is 0. The molecule has 4 heteroatoms. The quantitative estimate of drug-likeness (QED) is 0.218. The molecule has 0 aliphatic rings. The first kappa shape index (κ1) is 11.1. The van der Waals surface area contributed by atoms with Crippen LogP contribution >= 0.6 is 0 Å². The first-order valence-corrected chi connectivity index (χ1v) is 3.74. The summed E-state index contributed by atoms with van der Waals surface area (Å²) in [7, 11) is 5.79. The number of esters is 1. The van der Waals surface area contributed by atoms with Gasteiger partial charge in [0.25, 0.3) is 0 Å². The van der Waals surface area contributed by atoms with E-state index in [1.807, 2.05) is 21.1 Å². The highest BCUT2D eigenvalue weighted by Gasteiger charge is 2.15. The molecule has 0 spiro atoms. The van der Waals surface area contributed by atoms with E-state index in [0.29, 0.717) is 4.59 Å². The maximum Gasteiger partial charge on any atom is 0.304 e. The lowest BCUT2D eigenvalue weighted by molar-refractivity contribution is -0.920. The molecule has 0 fully saturated rings. The predicted octanol–water partition coefficient (Wildman–Crippen LogP) is 0.272. The Bertz CT molecular complexity index is 172. The maximum absolute atomic E-state index is 10.6. The van der Waals surface area contributed by atoms with E-state index in [1.165, 1.54) is 6.92 Å². The molecular weight excluding hydrogens is 156 g/mol. The molecule has 0 amide bonds. The third-order valence-electron chi connectivity index (χ3n) is 1.02. The summed E-state index contributed by atoms with van der Waals surface area (Å²) in [4.78, 5) is 10.6. The van der Waals surface area contributed by atoms with Gasteiger partial charge in [-0.1, -0.05) is 6.58 Å². The van der Waals surface area contributed by atoms with E-state index in [9.17, 15) is 4.79 Å². The Hall–Kier alpha value is -0.870. The average molecular weight is 173 g/mol. The largest absolute Gasteiger partial charge is 0.438 e. The van der Waals surface area contributed by atoms with E-state index < -0.39 is 6.23 Å². The Balaban J connectivity index is 4.00. The zero-order valence-electron chi connectivity index (χ0n) is 8.13. The summed E-state index contributed by atoms with van der Waals surface area (Å²) in [6, 6.07) is 0. The fourth-order valence-corrected chi connectivity index (χ4v) is 0.688. The van der Waals surface area contributed by atoms with Crippen molar-refractivity contribution in [2.24, 2.45) is 0 Å². The molecule has 1 atom stereocenters. The van der Waals surface area contributed by atoms with Crippen LogP contribution in [0.1, 0.15) is 6.92 Å². The standard InChI is InChI=1S/C8H17N2O2/c1-6-8(12-7(2)11)9-10(3,4)5/h6,8-9H,1H2,2-5H3/q+1. The SMILES string of the molecule is C=CC(N[N+](C)(C)C)OC(C)=O. The third kappa shape index (κ3) is 5.88. The molecule has 0 bridgehead atoms. The molecule has 0 aliphatic carbocycles. The first-order chi connectivity index (χ1) is 5.35. The molecule has 0 aromatic heterocycles. The number of quaternary nitrogens is 1. The minimum atomic E-state index is -0.428. The van der Waals surface area contributed by atoms with Gasteiger partial charge in [-0.15, -0.1) is 5.43 Å². The van der Waals surface area contributed by atoms with Gasteiger partial charge in [0.15, 0.2) is 0 Å². The van der Waals surface area contributed by atoms with Crippen LogP contribution < -0.4 is 5.43 Å². The highest BCUT2D eigenvalue weighted by atomic mass is 16.6. The van der Waals surface area contributed by atoms with Crippen molar-refractivity contribution >= 4 is 5.97 Å². The van der Waals surface area contributed by atoms with Crippen molar-refractivity contribution in [1.29, 1.82) is 0 Å². The van der Waals surface area contributed by atoms with Crippen LogP contribution in [0.25, 0.3) is 0 Å². The molecule has 1 N–H and O–H groups in total. The summed E-state index contributed by atoms with van der Waals surface area (Å²) in [6.45, 7) is 4.92. The third-order valence-corrected chi connectivity index (χ3v) is 1.02. The number of hydrogen-bond donors (Lipinski definition) is 1. The summed E-state index contributed by atoms with van der Waals surface area (Å²) < 4.78 is 5.40. The second-order valence-corrected chi connectivity index (χ2v) is 3.41. The Morgan fingerprint density at radius 2 is 2.08 bits per heavy atom. The Kier molecular flexibility index (Phi) is 3.92. The molecule has 4 nitrogen and oxygen atoms in total. The van der Waals surface area contributed by atoms with Gasteiger partial charge in [-0.3, -0.25) is 4.79 Å². The molecule has 12 heavy (non-hydrogen) atoms. The molecule has 0 heterocycles. The summed E-state index contributed by atoms with van der Waals surface area (Å²) in [5.41, 5.74) is 3.01. The van der Waals surface area contributed by atoms with Crippen LogP contribution in [0, 0.1) is 0 Å². The number of ether oxygens (including phenoxy) is 1. The van der Waals surface area contributed by atoms with Gasteiger partial charge < -0.3 is 4.74 Å². The van der Waals surface area contributed by atoms with Crippen molar-refractivity contribution in [2.45, 2.75) is 13.2 Å². The molecule has 0 saturated carbocycles. The van der Waals surface area contributed by atoms with E-state index in [1.54, 1.807) is 6.08 Å². The van der Waals surface area contributed by atoms with Crippen LogP contribution in [0.3, 0.4) is 0 Å². The van der Waals surface area contributed by atoms with Crippen LogP contribution in [0.15, 0.2) is 12.7 Å². The van der Waals surface area contributed by atoms with E-state index in [-0.39, 0.29) is 5.97 Å².